The number of allylic oxidation sites excluding steroid dienone is 8. The zero-order valence-corrected chi connectivity index (χ0v) is 20.5. The molecule has 2 rings (SSSR count). The van der Waals surface area contributed by atoms with Crippen LogP contribution in [0.3, 0.4) is 0 Å². The fourth-order valence-electron chi connectivity index (χ4n) is 1.24. The fourth-order valence-corrected chi connectivity index (χ4v) is 1.24. The molecular formula is C18H32Cl2SiZr-4. The van der Waals surface area contributed by atoms with E-state index >= 15 is 0 Å². The Hall–Kier alpha value is 0.640. The summed E-state index contributed by atoms with van der Waals surface area (Å²) in [6.07, 6.45) is 12.4. The summed E-state index contributed by atoms with van der Waals surface area (Å²) in [5.41, 5.74) is 5.69. The van der Waals surface area contributed by atoms with Crippen molar-refractivity contribution in [3.63, 3.8) is 0 Å². The van der Waals surface area contributed by atoms with E-state index in [9.17, 15) is 0 Å². The molecule has 4 heteroatoms. The van der Waals surface area contributed by atoms with E-state index < -0.39 is 0 Å². The summed E-state index contributed by atoms with van der Waals surface area (Å²) in [5, 5.41) is 0. The number of hydrogen-bond acceptors (Lipinski definition) is 0. The van der Waals surface area contributed by atoms with Crippen LogP contribution in [0.15, 0.2) is 34.4 Å². The van der Waals surface area contributed by atoms with E-state index in [1.165, 1.54) is 22.3 Å². The predicted molar refractivity (Wildman–Crippen MR) is 107 cm³/mol. The van der Waals surface area contributed by atoms with Crippen LogP contribution in [0, 0.1) is 26.0 Å². The molecule has 2 aliphatic carbocycles. The van der Waals surface area contributed by atoms with Crippen molar-refractivity contribution in [1.82, 2.24) is 0 Å². The van der Waals surface area contributed by atoms with Crippen molar-refractivity contribution in [2.75, 3.05) is 0 Å². The van der Waals surface area contributed by atoms with Gasteiger partial charge in [0.1, 0.15) is 0 Å². The van der Waals surface area contributed by atoms with Gasteiger partial charge in [0.2, 0.25) is 0 Å². The van der Waals surface area contributed by atoms with Gasteiger partial charge in [-0.05, 0) is 0 Å². The van der Waals surface area contributed by atoms with Gasteiger partial charge in [0.15, 0.2) is 0 Å². The Morgan fingerprint density at radius 2 is 1.00 bits per heavy atom. The summed E-state index contributed by atoms with van der Waals surface area (Å²) in [5.74, 6) is 0. The van der Waals surface area contributed by atoms with Crippen molar-refractivity contribution in [2.45, 2.75) is 54.4 Å². The van der Waals surface area contributed by atoms with Gasteiger partial charge in [-0.1, -0.05) is 13.8 Å². The molecule has 0 heterocycles. The van der Waals surface area contributed by atoms with Crippen LogP contribution in [-0.4, -0.2) is 6.88 Å². The molecular weight excluding hydrogens is 406 g/mol. The molecule has 0 aliphatic heterocycles. The van der Waals surface area contributed by atoms with Gasteiger partial charge in [-0.3, -0.25) is 12.2 Å². The molecule has 0 aromatic carbocycles. The molecule has 0 bridgehead atoms. The summed E-state index contributed by atoms with van der Waals surface area (Å²) >= 11 is 1.58. The second kappa shape index (κ2) is 26.5. The predicted octanol–water partition coefficient (Wildman–Crippen LogP) is 5.78. The first-order valence-corrected chi connectivity index (χ1v) is 12.8. The molecule has 0 fully saturated rings. The zero-order chi connectivity index (χ0) is 16.6. The molecule has 0 spiro atoms. The van der Waals surface area contributed by atoms with Crippen LogP contribution in [-0.2, 0) is 23.3 Å². The third-order valence-corrected chi connectivity index (χ3v) is 2.72. The topological polar surface area (TPSA) is 0 Å². The van der Waals surface area contributed by atoms with E-state index in [0.29, 0.717) is 0 Å². The van der Waals surface area contributed by atoms with Gasteiger partial charge < -0.3 is 13.8 Å². The minimum atomic E-state index is 0. The Balaban J connectivity index is -0.0000000614. The van der Waals surface area contributed by atoms with Crippen LogP contribution in [0.1, 0.15) is 54.4 Å². The van der Waals surface area contributed by atoms with Crippen LogP contribution in [0.5, 0.6) is 0 Å². The molecule has 0 aromatic rings. The van der Waals surface area contributed by atoms with Gasteiger partial charge in [-0.2, -0.15) is 25.0 Å². The van der Waals surface area contributed by atoms with Crippen molar-refractivity contribution in [2.24, 2.45) is 0 Å². The summed E-state index contributed by atoms with van der Waals surface area (Å²) in [6.45, 7) is 20.5. The molecule has 0 N–H and O–H groups in total. The van der Waals surface area contributed by atoms with E-state index in [1.54, 1.807) is 37.2 Å². The molecule has 0 nitrogen and oxygen atoms in total. The minimum absolute atomic E-state index is 0. The molecule has 0 aromatic heterocycles. The van der Waals surface area contributed by atoms with E-state index in [2.05, 4.69) is 65.8 Å². The number of halogens is 2. The van der Waals surface area contributed by atoms with E-state index in [0.717, 1.165) is 12.8 Å². The fraction of sp³-hybridized carbons (Fsp3) is 0.444. The van der Waals surface area contributed by atoms with Gasteiger partial charge in [0, 0.05) is 0 Å². The SMILES string of the molecule is CC1=C(C)C[C-]=C1.CC1=C(C)C[C-]=C1.Cl.Cl.[CH2-]C.[CH2-]C.[SiH2]=[Zr]. The Kier molecular flexibility index (Phi) is 41.1. The molecule has 0 saturated heterocycles. The van der Waals surface area contributed by atoms with Gasteiger partial charge in [-0.25, -0.2) is 23.3 Å². The van der Waals surface area contributed by atoms with Crippen molar-refractivity contribution >= 4 is 31.7 Å². The molecule has 22 heavy (non-hydrogen) atoms. The number of hydrogen-bond donors (Lipinski definition) is 0. The maximum atomic E-state index is 3.25. The molecule has 0 unspecified atom stereocenters. The average Bonchev–Trinajstić information content (AvgIpc) is 3.07. The third-order valence-electron chi connectivity index (χ3n) is 2.72. The van der Waals surface area contributed by atoms with E-state index in [4.69, 9.17) is 0 Å². The molecule has 0 saturated carbocycles. The summed E-state index contributed by atoms with van der Waals surface area (Å²) < 4.78 is 0. The van der Waals surface area contributed by atoms with E-state index in [1.807, 2.05) is 6.88 Å². The van der Waals surface area contributed by atoms with Crippen molar-refractivity contribution in [3.8, 4) is 0 Å². The normalized spacial score (nSPS) is 12.9. The zero-order valence-electron chi connectivity index (χ0n) is 15.0. The third kappa shape index (κ3) is 18.7. The Bertz CT molecular complexity index is 322. The molecule has 0 atom stereocenters. The van der Waals surface area contributed by atoms with Gasteiger partial charge >= 0.3 is 30.2 Å². The van der Waals surface area contributed by atoms with Crippen molar-refractivity contribution < 1.29 is 23.3 Å². The van der Waals surface area contributed by atoms with Crippen molar-refractivity contribution in [3.05, 3.63) is 60.4 Å². The van der Waals surface area contributed by atoms with Gasteiger partial charge in [0.25, 0.3) is 0 Å². The Morgan fingerprint density at radius 1 is 0.773 bits per heavy atom. The van der Waals surface area contributed by atoms with Crippen LogP contribution >= 0.6 is 24.8 Å². The molecule has 2 aliphatic rings. The van der Waals surface area contributed by atoms with Crippen LogP contribution in [0.25, 0.3) is 0 Å². The summed E-state index contributed by atoms with van der Waals surface area (Å²) in [7, 11) is 0. The van der Waals surface area contributed by atoms with E-state index in [-0.39, 0.29) is 24.8 Å². The first-order valence-electron chi connectivity index (χ1n) is 6.84. The first kappa shape index (κ1) is 34.1. The standard InChI is InChI=1S/2C7H9.2C2H5.2ClH.H2Si.Zr/c2*1-6-4-3-5-7(6)2;2*1-2;;;;/h2*4H,5H2,1-2H3;2*1H2,2H3;2*1H;1H2;/q4*-1;;;;. The molecule has 0 amide bonds. The summed E-state index contributed by atoms with van der Waals surface area (Å²) in [4.78, 5) is 0. The Morgan fingerprint density at radius 3 is 1.05 bits per heavy atom. The van der Waals surface area contributed by atoms with Gasteiger partial charge in [0.05, 0.1) is 0 Å². The summed E-state index contributed by atoms with van der Waals surface area (Å²) in [6, 6.07) is 0. The van der Waals surface area contributed by atoms with Crippen LogP contribution < -0.4 is 0 Å². The first-order chi connectivity index (χ1) is 9.61. The second-order valence-electron chi connectivity index (χ2n) is 3.98. The quantitative estimate of drug-likeness (QED) is 0.332. The van der Waals surface area contributed by atoms with Gasteiger partial charge in [-0.15, -0.1) is 51.5 Å². The Labute approximate surface area is 169 Å². The molecule has 0 radical (unpaired) electrons. The molecule has 130 valence electrons. The van der Waals surface area contributed by atoms with Crippen molar-refractivity contribution in [1.29, 1.82) is 0 Å². The maximum absolute atomic E-state index is 3.25. The van der Waals surface area contributed by atoms with Crippen LogP contribution in [0.4, 0.5) is 0 Å². The average molecular weight is 439 g/mol. The van der Waals surface area contributed by atoms with Crippen LogP contribution in [0.2, 0.25) is 0 Å². The second-order valence-corrected chi connectivity index (χ2v) is 3.98. The number of rotatable bonds is 0. The monoisotopic (exact) mass is 436 g/mol.